The highest BCUT2D eigenvalue weighted by Gasteiger charge is 2.36. The van der Waals surface area contributed by atoms with Crippen LogP contribution in [-0.2, 0) is 16.1 Å². The van der Waals surface area contributed by atoms with Gasteiger partial charge in [-0.3, -0.25) is 14.5 Å². The third-order valence-electron chi connectivity index (χ3n) is 4.69. The van der Waals surface area contributed by atoms with E-state index in [9.17, 15) is 14.4 Å². The molecule has 27 heavy (non-hydrogen) atoms. The molecule has 2 fully saturated rings. The van der Waals surface area contributed by atoms with Crippen molar-refractivity contribution in [1.82, 2.24) is 20.0 Å². The maximum absolute atomic E-state index is 12.5. The van der Waals surface area contributed by atoms with E-state index in [0.29, 0.717) is 32.0 Å². The number of aromatic nitrogens is 2. The van der Waals surface area contributed by atoms with Gasteiger partial charge in [0, 0.05) is 25.1 Å². The van der Waals surface area contributed by atoms with E-state index in [1.54, 1.807) is 26.8 Å². The van der Waals surface area contributed by atoms with E-state index in [2.05, 4.69) is 10.4 Å². The molecule has 148 valence electrons. The van der Waals surface area contributed by atoms with Gasteiger partial charge in [0.05, 0.1) is 12.2 Å². The van der Waals surface area contributed by atoms with Crippen molar-refractivity contribution < 1.29 is 14.3 Å². The maximum Gasteiger partial charge on any atom is 0.410 e. The molecular formula is C19H28N4O4. The van der Waals surface area contributed by atoms with Gasteiger partial charge in [-0.15, -0.1) is 0 Å². The summed E-state index contributed by atoms with van der Waals surface area (Å²) in [5.74, 6) is 0.247. The van der Waals surface area contributed by atoms with Crippen LogP contribution in [0.5, 0.6) is 0 Å². The average molecular weight is 376 g/mol. The van der Waals surface area contributed by atoms with E-state index in [4.69, 9.17) is 4.74 Å². The molecule has 3 rings (SSSR count). The predicted octanol–water partition coefficient (Wildman–Crippen LogP) is 1.64. The number of carbonyl (C=O) groups is 2. The first-order valence-corrected chi connectivity index (χ1v) is 9.60. The first kappa shape index (κ1) is 19.4. The van der Waals surface area contributed by atoms with Gasteiger partial charge in [0.2, 0.25) is 5.91 Å². The quantitative estimate of drug-likeness (QED) is 0.843. The molecule has 8 heteroatoms. The molecule has 8 nitrogen and oxygen atoms in total. The number of hydrogen-bond donors (Lipinski definition) is 1. The summed E-state index contributed by atoms with van der Waals surface area (Å²) in [7, 11) is 0. The average Bonchev–Trinajstić information content (AvgIpc) is 3.30. The standard InChI is InChI=1S/C19H28N4O4/c1-19(2,3)27-18(26)22-11-4-5-15(22)17(25)20-10-12-23-16(24)9-8-14(21-23)13-6-7-13/h8-9,13,15H,4-7,10-12H2,1-3H3,(H,20,25)/t15-/m0/s1. The lowest BCUT2D eigenvalue weighted by Crippen LogP contribution is -2.48. The number of carbonyl (C=O) groups excluding carboxylic acids is 2. The number of likely N-dealkylation sites (tertiary alicyclic amines) is 1. The van der Waals surface area contributed by atoms with Crippen LogP contribution in [0.2, 0.25) is 0 Å². The Morgan fingerprint density at radius 1 is 1.26 bits per heavy atom. The molecule has 2 aliphatic rings. The topological polar surface area (TPSA) is 93.5 Å². The fourth-order valence-corrected chi connectivity index (χ4v) is 3.20. The Morgan fingerprint density at radius 2 is 2.00 bits per heavy atom. The summed E-state index contributed by atoms with van der Waals surface area (Å²) in [4.78, 5) is 38.2. The Kier molecular flexibility index (Phi) is 5.53. The van der Waals surface area contributed by atoms with Crippen LogP contribution in [0, 0.1) is 0 Å². The summed E-state index contributed by atoms with van der Waals surface area (Å²) in [6.07, 6.45) is 3.14. The molecule has 0 radical (unpaired) electrons. The van der Waals surface area contributed by atoms with Crippen LogP contribution in [0.15, 0.2) is 16.9 Å². The molecule has 0 unspecified atom stereocenters. The van der Waals surface area contributed by atoms with Crippen molar-refractivity contribution in [2.75, 3.05) is 13.1 Å². The van der Waals surface area contributed by atoms with Gasteiger partial charge >= 0.3 is 6.09 Å². The van der Waals surface area contributed by atoms with Gasteiger partial charge < -0.3 is 10.1 Å². The monoisotopic (exact) mass is 376 g/mol. The van der Waals surface area contributed by atoms with Gasteiger partial charge in [-0.1, -0.05) is 0 Å². The van der Waals surface area contributed by atoms with E-state index in [1.807, 2.05) is 0 Å². The molecule has 0 spiro atoms. The minimum Gasteiger partial charge on any atom is -0.444 e. The maximum atomic E-state index is 12.5. The lowest BCUT2D eigenvalue weighted by atomic mass is 10.2. The van der Waals surface area contributed by atoms with Crippen molar-refractivity contribution >= 4 is 12.0 Å². The molecule has 1 saturated heterocycles. The Bertz CT molecular complexity index is 764. The zero-order chi connectivity index (χ0) is 19.6. The summed E-state index contributed by atoms with van der Waals surface area (Å²) in [5, 5.41) is 7.20. The molecule has 1 saturated carbocycles. The van der Waals surface area contributed by atoms with Crippen LogP contribution in [0.1, 0.15) is 58.1 Å². The van der Waals surface area contributed by atoms with Crippen LogP contribution in [0.4, 0.5) is 4.79 Å². The van der Waals surface area contributed by atoms with E-state index in [0.717, 1.165) is 25.0 Å². The molecule has 0 aromatic carbocycles. The summed E-state index contributed by atoms with van der Waals surface area (Å²) in [6.45, 7) is 6.52. The third kappa shape index (κ3) is 5.08. The number of nitrogens with zero attached hydrogens (tertiary/aromatic N) is 3. The summed E-state index contributed by atoms with van der Waals surface area (Å²) in [5.41, 5.74) is 0.165. The molecule has 0 bridgehead atoms. The Balaban J connectivity index is 1.53. The highest BCUT2D eigenvalue weighted by atomic mass is 16.6. The van der Waals surface area contributed by atoms with Crippen molar-refractivity contribution in [2.24, 2.45) is 0 Å². The van der Waals surface area contributed by atoms with E-state index >= 15 is 0 Å². The van der Waals surface area contributed by atoms with Crippen LogP contribution in [-0.4, -0.2) is 51.4 Å². The predicted molar refractivity (Wildman–Crippen MR) is 99.4 cm³/mol. The SMILES string of the molecule is CC(C)(C)OC(=O)N1CCC[C@H]1C(=O)NCCn1nc(C2CC2)ccc1=O. The molecule has 2 amide bonds. The van der Waals surface area contributed by atoms with Crippen LogP contribution < -0.4 is 10.9 Å². The zero-order valence-electron chi connectivity index (χ0n) is 16.2. The molecule has 2 heterocycles. The van der Waals surface area contributed by atoms with Crippen molar-refractivity contribution in [3.8, 4) is 0 Å². The number of hydrogen-bond acceptors (Lipinski definition) is 5. The second-order valence-electron chi connectivity index (χ2n) is 8.22. The van der Waals surface area contributed by atoms with Crippen LogP contribution >= 0.6 is 0 Å². The normalized spacial score (nSPS) is 19.8. The van der Waals surface area contributed by atoms with Crippen molar-refractivity contribution in [1.29, 1.82) is 0 Å². The fourth-order valence-electron chi connectivity index (χ4n) is 3.20. The Morgan fingerprint density at radius 3 is 2.67 bits per heavy atom. The van der Waals surface area contributed by atoms with E-state index in [1.165, 1.54) is 15.6 Å². The van der Waals surface area contributed by atoms with E-state index < -0.39 is 17.7 Å². The third-order valence-corrected chi connectivity index (χ3v) is 4.69. The summed E-state index contributed by atoms with van der Waals surface area (Å²) < 4.78 is 6.78. The molecule has 1 aliphatic heterocycles. The summed E-state index contributed by atoms with van der Waals surface area (Å²) >= 11 is 0. The summed E-state index contributed by atoms with van der Waals surface area (Å²) in [6, 6.07) is 2.79. The van der Waals surface area contributed by atoms with Gasteiger partial charge in [-0.05, 0) is 52.5 Å². The molecular weight excluding hydrogens is 348 g/mol. The zero-order valence-corrected chi connectivity index (χ0v) is 16.2. The highest BCUT2D eigenvalue weighted by Crippen LogP contribution is 2.38. The van der Waals surface area contributed by atoms with Gasteiger partial charge in [0.25, 0.3) is 5.56 Å². The largest absolute Gasteiger partial charge is 0.444 e. The molecule has 1 aliphatic carbocycles. The molecule has 1 atom stereocenters. The van der Waals surface area contributed by atoms with E-state index in [-0.39, 0.29) is 11.5 Å². The second kappa shape index (κ2) is 7.70. The van der Waals surface area contributed by atoms with Crippen molar-refractivity contribution in [3.05, 3.63) is 28.2 Å². The number of amides is 2. The lowest BCUT2D eigenvalue weighted by molar-refractivity contribution is -0.125. The molecule has 1 N–H and O–H groups in total. The number of rotatable bonds is 5. The van der Waals surface area contributed by atoms with Crippen molar-refractivity contribution in [3.63, 3.8) is 0 Å². The molecule has 1 aromatic rings. The van der Waals surface area contributed by atoms with Gasteiger partial charge in [-0.2, -0.15) is 5.10 Å². The Hall–Kier alpha value is -2.38. The molecule has 1 aromatic heterocycles. The fraction of sp³-hybridized carbons (Fsp3) is 0.684. The van der Waals surface area contributed by atoms with Crippen LogP contribution in [0.25, 0.3) is 0 Å². The van der Waals surface area contributed by atoms with Gasteiger partial charge in [-0.25, -0.2) is 9.48 Å². The minimum atomic E-state index is -0.597. The number of nitrogens with one attached hydrogen (secondary N) is 1. The lowest BCUT2D eigenvalue weighted by Gasteiger charge is -2.28. The highest BCUT2D eigenvalue weighted by molar-refractivity contribution is 5.86. The van der Waals surface area contributed by atoms with Crippen molar-refractivity contribution in [2.45, 2.75) is 70.6 Å². The first-order valence-electron chi connectivity index (χ1n) is 9.60. The van der Waals surface area contributed by atoms with Gasteiger partial charge in [0.1, 0.15) is 11.6 Å². The van der Waals surface area contributed by atoms with Crippen LogP contribution in [0.3, 0.4) is 0 Å². The second-order valence-corrected chi connectivity index (χ2v) is 8.22. The minimum absolute atomic E-state index is 0.176. The number of ether oxygens (including phenoxy) is 1. The smallest absolute Gasteiger partial charge is 0.410 e. The van der Waals surface area contributed by atoms with Gasteiger partial charge in [0.15, 0.2) is 0 Å². The first-order chi connectivity index (χ1) is 12.7. The Labute approximate surface area is 158 Å².